The Labute approximate surface area is 106 Å². The summed E-state index contributed by atoms with van der Waals surface area (Å²) in [4.78, 5) is 22.9. The van der Waals surface area contributed by atoms with Gasteiger partial charge in [-0.1, -0.05) is 30.3 Å². The SMILES string of the molecule is COC(=O)N[C@@H](c1ccccc1)[C@H](C)C(=O)OC. The van der Waals surface area contributed by atoms with Crippen LogP contribution in [0, 0.1) is 5.92 Å². The molecule has 0 unspecified atom stereocenters. The van der Waals surface area contributed by atoms with Crippen molar-refractivity contribution in [3.63, 3.8) is 0 Å². The number of nitrogens with one attached hydrogen (secondary N) is 1. The molecule has 5 nitrogen and oxygen atoms in total. The number of esters is 1. The minimum absolute atomic E-state index is 0.389. The lowest BCUT2D eigenvalue weighted by molar-refractivity contribution is -0.145. The highest BCUT2D eigenvalue weighted by Crippen LogP contribution is 2.22. The topological polar surface area (TPSA) is 64.6 Å². The van der Waals surface area contributed by atoms with Crippen molar-refractivity contribution in [3.05, 3.63) is 35.9 Å². The van der Waals surface area contributed by atoms with Gasteiger partial charge in [0.05, 0.1) is 26.2 Å². The highest BCUT2D eigenvalue weighted by atomic mass is 16.5. The number of rotatable bonds is 4. The van der Waals surface area contributed by atoms with Crippen molar-refractivity contribution < 1.29 is 19.1 Å². The molecule has 2 atom stereocenters. The van der Waals surface area contributed by atoms with Crippen LogP contribution in [-0.4, -0.2) is 26.3 Å². The molecule has 0 saturated carbocycles. The quantitative estimate of drug-likeness (QED) is 0.830. The van der Waals surface area contributed by atoms with Crippen LogP contribution in [0.25, 0.3) is 0 Å². The first kappa shape index (κ1) is 14.0. The van der Waals surface area contributed by atoms with Crippen molar-refractivity contribution in [1.29, 1.82) is 0 Å². The van der Waals surface area contributed by atoms with E-state index >= 15 is 0 Å². The molecule has 0 aliphatic carbocycles. The predicted molar refractivity (Wildman–Crippen MR) is 65.9 cm³/mol. The third-order valence-electron chi connectivity index (χ3n) is 2.69. The zero-order valence-electron chi connectivity index (χ0n) is 10.7. The smallest absolute Gasteiger partial charge is 0.407 e. The van der Waals surface area contributed by atoms with Crippen molar-refractivity contribution in [2.75, 3.05) is 14.2 Å². The number of benzene rings is 1. The minimum Gasteiger partial charge on any atom is -0.469 e. The zero-order valence-corrected chi connectivity index (χ0v) is 10.7. The molecule has 1 aromatic rings. The van der Waals surface area contributed by atoms with Crippen molar-refractivity contribution in [2.45, 2.75) is 13.0 Å². The van der Waals surface area contributed by atoms with Gasteiger partial charge in [-0.25, -0.2) is 4.79 Å². The lowest BCUT2D eigenvalue weighted by Crippen LogP contribution is -2.35. The van der Waals surface area contributed by atoms with Crippen LogP contribution in [0.3, 0.4) is 0 Å². The molecule has 0 aliphatic rings. The van der Waals surface area contributed by atoms with E-state index in [-0.39, 0.29) is 5.97 Å². The van der Waals surface area contributed by atoms with Crippen LogP contribution in [0.4, 0.5) is 4.79 Å². The average Bonchev–Trinajstić information content (AvgIpc) is 2.43. The average molecular weight is 251 g/mol. The van der Waals surface area contributed by atoms with E-state index in [0.717, 1.165) is 5.56 Å². The summed E-state index contributed by atoms with van der Waals surface area (Å²) >= 11 is 0. The largest absolute Gasteiger partial charge is 0.469 e. The van der Waals surface area contributed by atoms with Gasteiger partial charge in [-0.05, 0) is 12.5 Å². The first-order valence-corrected chi connectivity index (χ1v) is 5.57. The van der Waals surface area contributed by atoms with E-state index in [2.05, 4.69) is 10.1 Å². The van der Waals surface area contributed by atoms with Crippen molar-refractivity contribution >= 4 is 12.1 Å². The van der Waals surface area contributed by atoms with Gasteiger partial charge >= 0.3 is 12.1 Å². The Bertz CT molecular complexity index is 405. The monoisotopic (exact) mass is 251 g/mol. The second-order valence-electron chi connectivity index (χ2n) is 3.84. The summed E-state index contributed by atoms with van der Waals surface area (Å²) in [6.07, 6.45) is -0.584. The molecular weight excluding hydrogens is 234 g/mol. The standard InChI is InChI=1S/C13H17NO4/c1-9(12(15)17-2)11(14-13(16)18-3)10-7-5-4-6-8-10/h4-9,11H,1-3H3,(H,14,16)/t9-,11+/m0/s1. The van der Waals surface area contributed by atoms with Crippen LogP contribution in [0.15, 0.2) is 30.3 Å². The van der Waals surface area contributed by atoms with Gasteiger partial charge in [-0.15, -0.1) is 0 Å². The predicted octanol–water partition coefficient (Wildman–Crippen LogP) is 1.89. The lowest BCUT2D eigenvalue weighted by Gasteiger charge is -2.23. The fourth-order valence-corrected chi connectivity index (χ4v) is 1.67. The summed E-state index contributed by atoms with van der Waals surface area (Å²) in [7, 11) is 2.60. The van der Waals surface area contributed by atoms with Gasteiger partial charge in [0.2, 0.25) is 0 Å². The second kappa shape index (κ2) is 6.64. The van der Waals surface area contributed by atoms with E-state index in [0.29, 0.717) is 0 Å². The number of alkyl carbamates (subject to hydrolysis) is 1. The molecule has 18 heavy (non-hydrogen) atoms. The van der Waals surface area contributed by atoms with Crippen molar-refractivity contribution in [1.82, 2.24) is 5.32 Å². The molecule has 1 N–H and O–H groups in total. The fourth-order valence-electron chi connectivity index (χ4n) is 1.67. The number of hydrogen-bond donors (Lipinski definition) is 1. The molecule has 0 fully saturated rings. The van der Waals surface area contributed by atoms with Gasteiger partial charge in [0.25, 0.3) is 0 Å². The number of carbonyl (C=O) groups excluding carboxylic acids is 2. The minimum atomic E-state index is -0.584. The molecule has 1 amide bonds. The molecule has 0 aliphatic heterocycles. The summed E-state index contributed by atoms with van der Waals surface area (Å²) in [5.41, 5.74) is 0.820. The lowest BCUT2D eigenvalue weighted by atomic mass is 9.95. The summed E-state index contributed by atoms with van der Waals surface area (Å²) in [5, 5.41) is 2.64. The maximum Gasteiger partial charge on any atom is 0.407 e. The first-order chi connectivity index (χ1) is 8.60. The Morgan fingerprint density at radius 3 is 2.22 bits per heavy atom. The Morgan fingerprint density at radius 1 is 1.11 bits per heavy atom. The normalized spacial score (nSPS) is 13.3. The van der Waals surface area contributed by atoms with Crippen LogP contribution in [-0.2, 0) is 14.3 Å². The molecule has 0 saturated heterocycles. The first-order valence-electron chi connectivity index (χ1n) is 5.57. The van der Waals surface area contributed by atoms with Crippen LogP contribution in [0.2, 0.25) is 0 Å². The van der Waals surface area contributed by atoms with E-state index in [1.165, 1.54) is 14.2 Å². The number of carbonyl (C=O) groups is 2. The maximum absolute atomic E-state index is 11.6. The van der Waals surface area contributed by atoms with Crippen LogP contribution >= 0.6 is 0 Å². The molecule has 1 aromatic carbocycles. The van der Waals surface area contributed by atoms with Crippen molar-refractivity contribution in [3.8, 4) is 0 Å². The van der Waals surface area contributed by atoms with Crippen molar-refractivity contribution in [2.24, 2.45) is 5.92 Å². The van der Waals surface area contributed by atoms with Crippen LogP contribution in [0.1, 0.15) is 18.5 Å². The summed E-state index contributed by atoms with van der Waals surface area (Å²) in [5.74, 6) is -0.892. The molecule has 0 heterocycles. The molecule has 5 heteroatoms. The van der Waals surface area contributed by atoms with Gasteiger partial charge in [-0.2, -0.15) is 0 Å². The molecule has 1 rings (SSSR count). The molecule has 0 spiro atoms. The highest BCUT2D eigenvalue weighted by Gasteiger charge is 2.27. The Kier molecular flexibility index (Phi) is 5.17. The number of amides is 1. The summed E-state index contributed by atoms with van der Waals surface area (Å²) < 4.78 is 9.26. The van der Waals surface area contributed by atoms with Gasteiger partial charge in [-0.3, -0.25) is 4.79 Å². The van der Waals surface area contributed by atoms with E-state index in [4.69, 9.17) is 4.74 Å². The molecular formula is C13H17NO4. The van der Waals surface area contributed by atoms with Crippen LogP contribution < -0.4 is 5.32 Å². The van der Waals surface area contributed by atoms with E-state index in [1.54, 1.807) is 6.92 Å². The number of ether oxygens (including phenoxy) is 2. The van der Waals surface area contributed by atoms with Gasteiger partial charge < -0.3 is 14.8 Å². The van der Waals surface area contributed by atoms with E-state index < -0.39 is 18.1 Å². The number of methoxy groups -OCH3 is 2. The number of hydrogen-bond acceptors (Lipinski definition) is 4. The summed E-state index contributed by atoms with van der Waals surface area (Å²) in [6, 6.07) is 8.73. The van der Waals surface area contributed by atoms with Crippen LogP contribution in [0.5, 0.6) is 0 Å². The fraction of sp³-hybridized carbons (Fsp3) is 0.385. The van der Waals surface area contributed by atoms with E-state index in [9.17, 15) is 9.59 Å². The summed E-state index contributed by atoms with van der Waals surface area (Å²) in [6.45, 7) is 1.69. The van der Waals surface area contributed by atoms with Gasteiger partial charge in [0, 0.05) is 0 Å². The third-order valence-corrected chi connectivity index (χ3v) is 2.69. The Hall–Kier alpha value is -2.04. The molecule has 98 valence electrons. The highest BCUT2D eigenvalue weighted by molar-refractivity contribution is 5.75. The maximum atomic E-state index is 11.6. The molecule has 0 aromatic heterocycles. The van der Waals surface area contributed by atoms with Gasteiger partial charge in [0.1, 0.15) is 0 Å². The Morgan fingerprint density at radius 2 is 1.72 bits per heavy atom. The Balaban J connectivity index is 2.95. The van der Waals surface area contributed by atoms with Gasteiger partial charge in [0.15, 0.2) is 0 Å². The second-order valence-corrected chi connectivity index (χ2v) is 3.84. The van der Waals surface area contributed by atoms with E-state index in [1.807, 2.05) is 30.3 Å². The third kappa shape index (κ3) is 3.48. The molecule has 0 bridgehead atoms. The molecule has 0 radical (unpaired) electrons. The zero-order chi connectivity index (χ0) is 13.5.